The number of benzene rings is 2. The Morgan fingerprint density at radius 2 is 1.52 bits per heavy atom. The first-order valence-electron chi connectivity index (χ1n) is 6.36. The number of nitrogens with zero attached hydrogens (tertiary/aromatic N) is 2. The second-order valence-corrected chi connectivity index (χ2v) is 5.31. The fourth-order valence-electron chi connectivity index (χ4n) is 2.22. The number of fused-ring (bicyclic) bond motifs is 1. The molecule has 0 aliphatic carbocycles. The number of rotatable bonds is 1. The Balaban J connectivity index is 2.35. The monoisotopic (exact) mass is 304 g/mol. The van der Waals surface area contributed by atoms with E-state index in [0.717, 1.165) is 28.8 Å². The maximum absolute atomic E-state index is 13.6. The van der Waals surface area contributed by atoms with Crippen molar-refractivity contribution in [2.75, 3.05) is 0 Å². The van der Waals surface area contributed by atoms with E-state index >= 15 is 0 Å². The first-order valence-corrected chi connectivity index (χ1v) is 6.73. The van der Waals surface area contributed by atoms with Crippen molar-refractivity contribution in [3.8, 4) is 11.3 Å². The predicted octanol–water partition coefficient (Wildman–Crippen LogP) is 4.85. The lowest BCUT2D eigenvalue weighted by molar-refractivity contribution is 0.511. The average Bonchev–Trinajstić information content (AvgIpc) is 2.45. The third kappa shape index (κ3) is 2.36. The van der Waals surface area contributed by atoms with Crippen molar-refractivity contribution in [2.24, 2.45) is 0 Å². The van der Waals surface area contributed by atoms with Crippen LogP contribution in [0.3, 0.4) is 0 Å². The zero-order valence-electron chi connectivity index (χ0n) is 11.4. The SMILES string of the molecule is Cc1ccc(-c2nnc(Cl)c3cc(F)c(F)cc23)cc1C. The Hall–Kier alpha value is -2.07. The first-order chi connectivity index (χ1) is 9.97. The van der Waals surface area contributed by atoms with Crippen LogP contribution < -0.4 is 0 Å². The van der Waals surface area contributed by atoms with E-state index in [2.05, 4.69) is 10.2 Å². The average molecular weight is 305 g/mol. The number of hydrogen-bond acceptors (Lipinski definition) is 2. The molecule has 0 unspecified atom stereocenters. The minimum absolute atomic E-state index is 0.0523. The van der Waals surface area contributed by atoms with Gasteiger partial charge in [0, 0.05) is 16.3 Å². The highest BCUT2D eigenvalue weighted by Crippen LogP contribution is 2.31. The van der Waals surface area contributed by atoms with Gasteiger partial charge in [-0.3, -0.25) is 0 Å². The molecule has 0 aliphatic heterocycles. The summed E-state index contributed by atoms with van der Waals surface area (Å²) in [5.41, 5.74) is 3.50. The van der Waals surface area contributed by atoms with Crippen LogP contribution in [0.2, 0.25) is 5.15 Å². The van der Waals surface area contributed by atoms with Crippen molar-refractivity contribution >= 4 is 22.4 Å². The summed E-state index contributed by atoms with van der Waals surface area (Å²) in [6.07, 6.45) is 0. The Morgan fingerprint density at radius 3 is 2.19 bits per heavy atom. The zero-order valence-corrected chi connectivity index (χ0v) is 12.2. The van der Waals surface area contributed by atoms with Crippen LogP contribution in [0.5, 0.6) is 0 Å². The molecule has 0 radical (unpaired) electrons. The van der Waals surface area contributed by atoms with E-state index in [4.69, 9.17) is 11.6 Å². The smallest absolute Gasteiger partial charge is 0.159 e. The van der Waals surface area contributed by atoms with Gasteiger partial charge in [-0.1, -0.05) is 23.7 Å². The molecule has 0 atom stereocenters. The van der Waals surface area contributed by atoms with Crippen LogP contribution in [0.25, 0.3) is 22.0 Å². The predicted molar refractivity (Wildman–Crippen MR) is 79.4 cm³/mol. The van der Waals surface area contributed by atoms with Gasteiger partial charge in [-0.05, 0) is 43.2 Å². The largest absolute Gasteiger partial charge is 0.204 e. The van der Waals surface area contributed by atoms with Gasteiger partial charge in [-0.25, -0.2) is 8.78 Å². The molecule has 0 spiro atoms. The lowest BCUT2D eigenvalue weighted by atomic mass is 10.0. The van der Waals surface area contributed by atoms with Crippen LogP contribution in [-0.2, 0) is 0 Å². The third-order valence-electron chi connectivity index (χ3n) is 3.56. The van der Waals surface area contributed by atoms with Crippen molar-refractivity contribution in [1.82, 2.24) is 10.2 Å². The van der Waals surface area contributed by atoms with Gasteiger partial charge in [0.15, 0.2) is 16.8 Å². The molecule has 5 heteroatoms. The van der Waals surface area contributed by atoms with Gasteiger partial charge < -0.3 is 0 Å². The normalized spacial score (nSPS) is 11.1. The molecule has 0 fully saturated rings. The van der Waals surface area contributed by atoms with Crippen LogP contribution in [-0.4, -0.2) is 10.2 Å². The van der Waals surface area contributed by atoms with Crippen molar-refractivity contribution < 1.29 is 8.78 Å². The minimum atomic E-state index is -0.955. The van der Waals surface area contributed by atoms with Crippen molar-refractivity contribution in [2.45, 2.75) is 13.8 Å². The fourth-order valence-corrected chi connectivity index (χ4v) is 2.41. The molecule has 0 bridgehead atoms. The van der Waals surface area contributed by atoms with E-state index in [9.17, 15) is 8.78 Å². The van der Waals surface area contributed by atoms with E-state index in [0.29, 0.717) is 16.5 Å². The zero-order chi connectivity index (χ0) is 15.1. The Bertz CT molecular complexity index is 863. The summed E-state index contributed by atoms with van der Waals surface area (Å²) in [7, 11) is 0. The lowest BCUT2D eigenvalue weighted by Crippen LogP contribution is -1.95. The molecule has 1 aromatic heterocycles. The summed E-state index contributed by atoms with van der Waals surface area (Å²) >= 11 is 5.93. The lowest BCUT2D eigenvalue weighted by Gasteiger charge is -2.09. The maximum Gasteiger partial charge on any atom is 0.159 e. The molecular weight excluding hydrogens is 294 g/mol. The molecule has 0 aliphatic rings. The van der Waals surface area contributed by atoms with Crippen molar-refractivity contribution in [3.05, 3.63) is 58.2 Å². The number of halogens is 3. The summed E-state index contributed by atoms with van der Waals surface area (Å²) in [4.78, 5) is 0. The number of hydrogen-bond donors (Lipinski definition) is 0. The summed E-state index contributed by atoms with van der Waals surface area (Å²) in [5.74, 6) is -1.89. The highest BCUT2D eigenvalue weighted by Gasteiger charge is 2.14. The van der Waals surface area contributed by atoms with Crippen LogP contribution >= 0.6 is 11.6 Å². The van der Waals surface area contributed by atoms with E-state index in [1.165, 1.54) is 0 Å². The van der Waals surface area contributed by atoms with Gasteiger partial charge in [0.05, 0.1) is 0 Å². The molecule has 0 N–H and O–H groups in total. The van der Waals surface area contributed by atoms with Crippen LogP contribution in [0.15, 0.2) is 30.3 Å². The molecular formula is C16H11ClF2N2. The van der Waals surface area contributed by atoms with E-state index in [-0.39, 0.29) is 5.15 Å². The number of aromatic nitrogens is 2. The highest BCUT2D eigenvalue weighted by molar-refractivity contribution is 6.34. The topological polar surface area (TPSA) is 25.8 Å². The minimum Gasteiger partial charge on any atom is -0.204 e. The molecule has 3 rings (SSSR count). The standard InChI is InChI=1S/C16H11ClF2N2/c1-8-3-4-10(5-9(8)2)15-11-6-13(18)14(19)7-12(11)16(17)21-20-15/h3-7H,1-2H3. The van der Waals surface area contributed by atoms with E-state index in [1.807, 2.05) is 32.0 Å². The molecule has 21 heavy (non-hydrogen) atoms. The summed E-state index contributed by atoms with van der Waals surface area (Å²) < 4.78 is 27.0. The summed E-state index contributed by atoms with van der Waals surface area (Å²) in [5, 5.41) is 8.72. The van der Waals surface area contributed by atoms with Crippen molar-refractivity contribution in [3.63, 3.8) is 0 Å². The first kappa shape index (κ1) is 13.9. The van der Waals surface area contributed by atoms with Gasteiger partial charge in [0.1, 0.15) is 5.69 Å². The van der Waals surface area contributed by atoms with E-state index < -0.39 is 11.6 Å². The fraction of sp³-hybridized carbons (Fsp3) is 0.125. The molecule has 0 amide bonds. The molecule has 0 saturated carbocycles. The Morgan fingerprint density at radius 1 is 0.857 bits per heavy atom. The molecule has 2 aromatic carbocycles. The molecule has 2 nitrogen and oxygen atoms in total. The quantitative estimate of drug-likeness (QED) is 0.642. The Kier molecular flexibility index (Phi) is 3.33. The van der Waals surface area contributed by atoms with Gasteiger partial charge in [0.25, 0.3) is 0 Å². The van der Waals surface area contributed by atoms with E-state index in [1.54, 1.807) is 0 Å². The number of aryl methyl sites for hydroxylation is 2. The van der Waals surface area contributed by atoms with Crippen LogP contribution in [0.4, 0.5) is 8.78 Å². The van der Waals surface area contributed by atoms with Crippen LogP contribution in [0, 0.1) is 25.5 Å². The molecule has 106 valence electrons. The van der Waals surface area contributed by atoms with Crippen molar-refractivity contribution in [1.29, 1.82) is 0 Å². The Labute approximate surface area is 125 Å². The summed E-state index contributed by atoms with van der Waals surface area (Å²) in [6.45, 7) is 3.98. The van der Waals surface area contributed by atoms with Gasteiger partial charge in [0.2, 0.25) is 0 Å². The van der Waals surface area contributed by atoms with Gasteiger partial charge in [-0.2, -0.15) is 0 Å². The second-order valence-electron chi connectivity index (χ2n) is 4.95. The highest BCUT2D eigenvalue weighted by atomic mass is 35.5. The van der Waals surface area contributed by atoms with Crippen LogP contribution in [0.1, 0.15) is 11.1 Å². The second kappa shape index (κ2) is 5.04. The molecule has 0 saturated heterocycles. The molecule has 3 aromatic rings. The third-order valence-corrected chi connectivity index (χ3v) is 3.84. The maximum atomic E-state index is 13.6. The van der Waals surface area contributed by atoms with Gasteiger partial charge >= 0.3 is 0 Å². The summed E-state index contributed by atoms with van der Waals surface area (Å²) in [6, 6.07) is 7.92. The van der Waals surface area contributed by atoms with Gasteiger partial charge in [-0.15, -0.1) is 10.2 Å². The molecule has 1 heterocycles.